The lowest BCUT2D eigenvalue weighted by atomic mass is 10.0. The fraction of sp³-hybridized carbons (Fsp3) is 0.353. The Morgan fingerprint density at radius 3 is 2.52 bits per heavy atom. The minimum atomic E-state index is -1.84. The number of aliphatic hydroxyl groups excluding tert-OH is 1. The summed E-state index contributed by atoms with van der Waals surface area (Å²) in [4.78, 5) is 36.1. The molecule has 8 heteroatoms. The third-order valence-corrected chi connectivity index (χ3v) is 4.72. The van der Waals surface area contributed by atoms with Crippen LogP contribution >= 0.6 is 11.8 Å². The number of carbonyl (C=O) groups is 3. The van der Waals surface area contributed by atoms with E-state index < -0.39 is 29.3 Å². The van der Waals surface area contributed by atoms with Crippen LogP contribution in [0.3, 0.4) is 0 Å². The Bertz CT molecular complexity index is 679. The molecule has 7 nitrogen and oxygen atoms in total. The van der Waals surface area contributed by atoms with Gasteiger partial charge in [-0.2, -0.15) is 0 Å². The normalized spacial score (nSPS) is 19.4. The first-order valence-corrected chi connectivity index (χ1v) is 8.67. The van der Waals surface area contributed by atoms with Gasteiger partial charge in [-0.3, -0.25) is 9.59 Å². The SMILES string of the molecule is CC(=O)N([C@@H](Cc1ccccc1)C(O)C(=O)O)N1C=CSC(C)C1=O. The molecule has 0 saturated heterocycles. The quantitative estimate of drug-likeness (QED) is 0.788. The summed E-state index contributed by atoms with van der Waals surface area (Å²) in [5, 5.41) is 22.8. The summed E-state index contributed by atoms with van der Waals surface area (Å²) < 4.78 is 0. The van der Waals surface area contributed by atoms with Gasteiger partial charge in [0.1, 0.15) is 0 Å². The van der Waals surface area contributed by atoms with E-state index in [4.69, 9.17) is 0 Å². The maximum Gasteiger partial charge on any atom is 0.334 e. The molecular weight excluding hydrogens is 344 g/mol. The second-order valence-electron chi connectivity index (χ2n) is 5.65. The van der Waals surface area contributed by atoms with Crippen molar-refractivity contribution in [3.63, 3.8) is 0 Å². The van der Waals surface area contributed by atoms with Gasteiger partial charge in [-0.25, -0.2) is 14.8 Å². The van der Waals surface area contributed by atoms with E-state index in [9.17, 15) is 24.6 Å². The molecule has 1 aromatic carbocycles. The minimum Gasteiger partial charge on any atom is -0.479 e. The van der Waals surface area contributed by atoms with Gasteiger partial charge >= 0.3 is 5.97 Å². The highest BCUT2D eigenvalue weighted by Crippen LogP contribution is 2.25. The van der Waals surface area contributed by atoms with E-state index in [1.54, 1.807) is 36.6 Å². The van der Waals surface area contributed by atoms with Gasteiger partial charge in [0.2, 0.25) is 5.91 Å². The van der Waals surface area contributed by atoms with E-state index in [1.807, 2.05) is 6.07 Å². The Labute approximate surface area is 149 Å². The molecule has 0 saturated carbocycles. The molecule has 134 valence electrons. The number of hydrogen-bond donors (Lipinski definition) is 2. The van der Waals surface area contributed by atoms with Crippen LogP contribution < -0.4 is 0 Å². The molecular formula is C17H20N2O5S. The first kappa shape index (κ1) is 19.0. The molecule has 25 heavy (non-hydrogen) atoms. The molecule has 2 rings (SSSR count). The number of carboxylic acids is 1. The number of aliphatic carboxylic acids is 1. The van der Waals surface area contributed by atoms with Gasteiger partial charge in [-0.1, -0.05) is 30.3 Å². The molecule has 1 aliphatic rings. The van der Waals surface area contributed by atoms with Crippen molar-refractivity contribution in [3.05, 3.63) is 47.5 Å². The van der Waals surface area contributed by atoms with Gasteiger partial charge < -0.3 is 10.2 Å². The fourth-order valence-electron chi connectivity index (χ4n) is 2.60. The van der Waals surface area contributed by atoms with Crippen LogP contribution in [0.4, 0.5) is 0 Å². The van der Waals surface area contributed by atoms with Gasteiger partial charge in [-0.15, -0.1) is 11.8 Å². The third-order valence-electron chi connectivity index (χ3n) is 3.83. The third kappa shape index (κ3) is 4.40. The lowest BCUT2D eigenvalue weighted by Crippen LogP contribution is -2.59. The molecule has 0 fully saturated rings. The zero-order valence-electron chi connectivity index (χ0n) is 13.9. The summed E-state index contributed by atoms with van der Waals surface area (Å²) in [6, 6.07) is 7.79. The number of carbonyl (C=O) groups excluding carboxylic acids is 2. The summed E-state index contributed by atoms with van der Waals surface area (Å²) in [6.45, 7) is 2.93. The Morgan fingerprint density at radius 1 is 1.32 bits per heavy atom. The average Bonchev–Trinajstić information content (AvgIpc) is 2.58. The van der Waals surface area contributed by atoms with E-state index in [2.05, 4.69) is 0 Å². The van der Waals surface area contributed by atoms with Crippen molar-refractivity contribution in [1.29, 1.82) is 0 Å². The molecule has 3 atom stereocenters. The van der Waals surface area contributed by atoms with Gasteiger partial charge in [0.15, 0.2) is 6.10 Å². The van der Waals surface area contributed by atoms with Crippen LogP contribution in [0.15, 0.2) is 41.9 Å². The van der Waals surface area contributed by atoms with Crippen LogP contribution in [0.2, 0.25) is 0 Å². The lowest BCUT2D eigenvalue weighted by molar-refractivity contribution is -0.171. The lowest BCUT2D eigenvalue weighted by Gasteiger charge is -2.41. The van der Waals surface area contributed by atoms with Gasteiger partial charge in [0.25, 0.3) is 5.91 Å². The molecule has 0 radical (unpaired) electrons. The number of rotatable bonds is 6. The number of benzene rings is 1. The predicted octanol–water partition coefficient (Wildman–Crippen LogP) is 1.24. The van der Waals surface area contributed by atoms with Crippen LogP contribution in [0.1, 0.15) is 19.4 Å². The van der Waals surface area contributed by atoms with E-state index in [-0.39, 0.29) is 12.3 Å². The van der Waals surface area contributed by atoms with Crippen molar-refractivity contribution in [2.75, 3.05) is 0 Å². The molecule has 1 aromatic rings. The molecule has 1 heterocycles. The van der Waals surface area contributed by atoms with E-state index in [0.717, 1.165) is 15.6 Å². The average molecular weight is 364 g/mol. The highest BCUT2D eigenvalue weighted by Gasteiger charge is 2.39. The minimum absolute atomic E-state index is 0.0903. The van der Waals surface area contributed by atoms with Crippen molar-refractivity contribution in [2.24, 2.45) is 0 Å². The standard InChI is InChI=1S/C17H20N2O5S/c1-11-16(22)18(8-9-25-11)19(12(2)20)14(15(21)17(23)24)10-13-6-4-3-5-7-13/h3-9,11,14-15,21H,10H2,1-2H3,(H,23,24)/t11?,14-,15?/m0/s1. The van der Waals surface area contributed by atoms with Gasteiger partial charge in [0, 0.05) is 13.1 Å². The molecule has 0 aliphatic carbocycles. The molecule has 2 unspecified atom stereocenters. The smallest absolute Gasteiger partial charge is 0.334 e. The number of aliphatic hydroxyl groups is 1. The monoisotopic (exact) mass is 364 g/mol. The molecule has 1 aliphatic heterocycles. The first-order valence-electron chi connectivity index (χ1n) is 7.72. The fourth-order valence-corrected chi connectivity index (χ4v) is 3.25. The Morgan fingerprint density at radius 2 is 1.96 bits per heavy atom. The van der Waals surface area contributed by atoms with Crippen LogP contribution in [-0.4, -0.2) is 55.4 Å². The molecule has 0 bridgehead atoms. The van der Waals surface area contributed by atoms with E-state index >= 15 is 0 Å². The van der Waals surface area contributed by atoms with Crippen molar-refractivity contribution in [2.45, 2.75) is 37.7 Å². The Hall–Kier alpha value is -2.32. The number of thioether (sulfide) groups is 1. The molecule has 0 spiro atoms. The van der Waals surface area contributed by atoms with Crippen molar-refractivity contribution in [1.82, 2.24) is 10.0 Å². The van der Waals surface area contributed by atoms with Gasteiger partial charge in [-0.05, 0) is 24.3 Å². The number of nitrogens with zero attached hydrogens (tertiary/aromatic N) is 2. The summed E-state index contributed by atoms with van der Waals surface area (Å²) in [7, 11) is 0. The highest BCUT2D eigenvalue weighted by atomic mass is 32.2. The summed E-state index contributed by atoms with van der Waals surface area (Å²) >= 11 is 1.30. The van der Waals surface area contributed by atoms with Crippen molar-refractivity contribution in [3.8, 4) is 0 Å². The number of amides is 2. The number of hydrazine groups is 1. The number of hydrogen-bond acceptors (Lipinski definition) is 5. The van der Waals surface area contributed by atoms with Crippen molar-refractivity contribution < 1.29 is 24.6 Å². The second kappa shape index (κ2) is 8.17. The molecule has 2 amide bonds. The zero-order chi connectivity index (χ0) is 18.6. The van der Waals surface area contributed by atoms with Crippen LogP contribution in [0, 0.1) is 0 Å². The summed E-state index contributed by atoms with van der Waals surface area (Å²) in [5.41, 5.74) is 0.745. The van der Waals surface area contributed by atoms with Crippen LogP contribution in [0.5, 0.6) is 0 Å². The highest BCUT2D eigenvalue weighted by molar-refractivity contribution is 8.03. The summed E-state index contributed by atoms with van der Waals surface area (Å²) in [5.74, 6) is -2.33. The van der Waals surface area contributed by atoms with E-state index in [1.165, 1.54) is 24.9 Å². The molecule has 2 N–H and O–H groups in total. The van der Waals surface area contributed by atoms with Crippen LogP contribution in [0.25, 0.3) is 0 Å². The van der Waals surface area contributed by atoms with Gasteiger partial charge in [0.05, 0.1) is 11.3 Å². The maximum atomic E-state index is 12.5. The van der Waals surface area contributed by atoms with Crippen molar-refractivity contribution >= 4 is 29.5 Å². The van der Waals surface area contributed by atoms with E-state index in [0.29, 0.717) is 0 Å². The number of carboxylic acid groups (broad SMARTS) is 1. The second-order valence-corrected chi connectivity index (χ2v) is 6.90. The molecule has 0 aromatic heterocycles. The predicted molar refractivity (Wildman–Crippen MR) is 93.1 cm³/mol. The Balaban J connectivity index is 2.41. The largest absolute Gasteiger partial charge is 0.479 e. The van der Waals surface area contributed by atoms with Crippen LogP contribution in [-0.2, 0) is 20.8 Å². The topological polar surface area (TPSA) is 98.2 Å². The maximum absolute atomic E-state index is 12.5. The Kier molecular flexibility index (Phi) is 6.22. The first-order chi connectivity index (χ1) is 11.8. The zero-order valence-corrected chi connectivity index (χ0v) is 14.7. The summed E-state index contributed by atoms with van der Waals surface area (Å²) in [6.07, 6.45) is -0.330.